The number of carboxylic acids is 1. The topological polar surface area (TPSA) is 37.3 Å². The molecule has 3 atom stereocenters. The van der Waals surface area contributed by atoms with Gasteiger partial charge in [0.2, 0.25) is 0 Å². The maximum Gasteiger partial charge on any atom is 0.309 e. The van der Waals surface area contributed by atoms with Gasteiger partial charge in [-0.3, -0.25) is 4.79 Å². The van der Waals surface area contributed by atoms with Gasteiger partial charge >= 0.3 is 5.97 Å². The third-order valence-corrected chi connectivity index (χ3v) is 4.25. The van der Waals surface area contributed by atoms with Crippen molar-refractivity contribution in [1.29, 1.82) is 0 Å². The number of aliphatic carboxylic acids is 1. The Labute approximate surface area is 103 Å². The summed E-state index contributed by atoms with van der Waals surface area (Å²) in [6, 6.07) is 10.3. The van der Waals surface area contributed by atoms with Gasteiger partial charge in [0, 0.05) is 0 Å². The van der Waals surface area contributed by atoms with Crippen molar-refractivity contribution in [2.45, 2.75) is 39.0 Å². The first-order valence-electron chi connectivity index (χ1n) is 6.31. The molecule has 2 rings (SSSR count). The van der Waals surface area contributed by atoms with Gasteiger partial charge in [0.25, 0.3) is 0 Å². The molecular formula is C15H20O2. The number of hydrogen-bond donors (Lipinski definition) is 1. The Morgan fingerprint density at radius 2 is 2.00 bits per heavy atom. The van der Waals surface area contributed by atoms with Crippen molar-refractivity contribution in [3.05, 3.63) is 35.9 Å². The highest BCUT2D eigenvalue weighted by atomic mass is 16.4. The van der Waals surface area contributed by atoms with Crippen LogP contribution in [-0.2, 0) is 4.79 Å². The lowest BCUT2D eigenvalue weighted by molar-refractivity contribution is -0.150. The van der Waals surface area contributed by atoms with Crippen LogP contribution in [0.25, 0.3) is 0 Å². The van der Waals surface area contributed by atoms with Crippen LogP contribution in [0.15, 0.2) is 30.3 Å². The minimum atomic E-state index is -0.648. The highest BCUT2D eigenvalue weighted by molar-refractivity contribution is 5.74. The summed E-state index contributed by atoms with van der Waals surface area (Å²) < 4.78 is 0. The van der Waals surface area contributed by atoms with E-state index in [0.717, 1.165) is 19.3 Å². The molecule has 1 aliphatic rings. The van der Waals surface area contributed by atoms with E-state index < -0.39 is 11.4 Å². The van der Waals surface area contributed by atoms with E-state index in [9.17, 15) is 9.90 Å². The molecule has 0 amide bonds. The summed E-state index contributed by atoms with van der Waals surface area (Å²) in [7, 11) is 0. The van der Waals surface area contributed by atoms with Crippen molar-refractivity contribution >= 4 is 5.97 Å². The van der Waals surface area contributed by atoms with Gasteiger partial charge in [-0.25, -0.2) is 0 Å². The summed E-state index contributed by atoms with van der Waals surface area (Å²) in [5, 5.41) is 9.35. The Bertz CT molecular complexity index is 399. The molecule has 0 radical (unpaired) electrons. The smallest absolute Gasteiger partial charge is 0.309 e. The molecule has 0 heterocycles. The van der Waals surface area contributed by atoms with Crippen molar-refractivity contribution in [3.63, 3.8) is 0 Å². The third kappa shape index (κ3) is 2.36. The van der Waals surface area contributed by atoms with Crippen LogP contribution in [0.5, 0.6) is 0 Å². The number of rotatable bonds is 2. The van der Waals surface area contributed by atoms with Crippen LogP contribution >= 0.6 is 0 Å². The van der Waals surface area contributed by atoms with Crippen LogP contribution < -0.4 is 0 Å². The largest absolute Gasteiger partial charge is 0.481 e. The SMILES string of the molecule is C[C@H]1CC[C@](C)(C(=O)O)C[C@@H]1c1ccccc1. The van der Waals surface area contributed by atoms with Crippen LogP contribution in [0.4, 0.5) is 0 Å². The van der Waals surface area contributed by atoms with Crippen molar-refractivity contribution in [1.82, 2.24) is 0 Å². The summed E-state index contributed by atoms with van der Waals surface area (Å²) in [4.78, 5) is 11.4. The van der Waals surface area contributed by atoms with E-state index in [-0.39, 0.29) is 0 Å². The van der Waals surface area contributed by atoms with E-state index in [2.05, 4.69) is 19.1 Å². The normalized spacial score (nSPS) is 33.3. The van der Waals surface area contributed by atoms with Crippen LogP contribution in [0.3, 0.4) is 0 Å². The third-order valence-electron chi connectivity index (χ3n) is 4.25. The minimum absolute atomic E-state index is 0.381. The second-order valence-electron chi connectivity index (χ2n) is 5.60. The number of hydrogen-bond acceptors (Lipinski definition) is 1. The molecular weight excluding hydrogens is 212 g/mol. The monoisotopic (exact) mass is 232 g/mol. The summed E-state index contributed by atoms with van der Waals surface area (Å²) in [6.07, 6.45) is 2.56. The Morgan fingerprint density at radius 1 is 1.35 bits per heavy atom. The van der Waals surface area contributed by atoms with E-state index >= 15 is 0 Å². The second-order valence-corrected chi connectivity index (χ2v) is 5.60. The fourth-order valence-electron chi connectivity index (χ4n) is 2.88. The molecule has 1 N–H and O–H groups in total. The van der Waals surface area contributed by atoms with Gasteiger partial charge in [-0.2, -0.15) is 0 Å². The van der Waals surface area contributed by atoms with Gasteiger partial charge in [0.15, 0.2) is 0 Å². The van der Waals surface area contributed by atoms with Crippen molar-refractivity contribution in [2.75, 3.05) is 0 Å². The lowest BCUT2D eigenvalue weighted by Gasteiger charge is -2.39. The second kappa shape index (κ2) is 4.52. The maximum atomic E-state index is 11.4. The molecule has 0 spiro atoms. The molecule has 0 aliphatic heterocycles. The van der Waals surface area contributed by atoms with Crippen LogP contribution in [-0.4, -0.2) is 11.1 Å². The zero-order valence-electron chi connectivity index (χ0n) is 10.5. The standard InChI is InChI=1S/C15H20O2/c1-11-8-9-15(2,14(16)17)10-13(11)12-6-4-3-5-7-12/h3-7,11,13H,8-10H2,1-2H3,(H,16,17)/t11-,13-,15-/m0/s1. The van der Waals surface area contributed by atoms with Gasteiger partial charge in [-0.05, 0) is 43.6 Å². The maximum absolute atomic E-state index is 11.4. The summed E-state index contributed by atoms with van der Waals surface area (Å²) in [5.41, 5.74) is 0.736. The fraction of sp³-hybridized carbons (Fsp3) is 0.533. The molecule has 0 aromatic heterocycles. The highest BCUT2D eigenvalue weighted by Crippen LogP contribution is 2.46. The zero-order chi connectivity index (χ0) is 12.5. The van der Waals surface area contributed by atoms with Gasteiger partial charge in [0.1, 0.15) is 0 Å². The molecule has 1 fully saturated rings. The predicted molar refractivity (Wildman–Crippen MR) is 67.9 cm³/mol. The van der Waals surface area contributed by atoms with E-state index in [1.165, 1.54) is 5.56 Å². The van der Waals surface area contributed by atoms with Crippen molar-refractivity contribution in [2.24, 2.45) is 11.3 Å². The zero-order valence-corrected chi connectivity index (χ0v) is 10.5. The summed E-state index contributed by atoms with van der Waals surface area (Å²) in [5.74, 6) is 0.307. The molecule has 0 unspecified atom stereocenters. The van der Waals surface area contributed by atoms with Gasteiger partial charge in [0.05, 0.1) is 5.41 Å². The Morgan fingerprint density at radius 3 is 2.59 bits per heavy atom. The number of carbonyl (C=O) groups is 1. The first kappa shape index (κ1) is 12.2. The lowest BCUT2D eigenvalue weighted by atomic mass is 9.65. The first-order chi connectivity index (χ1) is 8.03. The summed E-state index contributed by atoms with van der Waals surface area (Å²) in [6.45, 7) is 4.12. The molecule has 1 aliphatic carbocycles. The van der Waals surface area contributed by atoms with Crippen LogP contribution in [0, 0.1) is 11.3 Å². The molecule has 1 saturated carbocycles. The fourth-order valence-corrected chi connectivity index (χ4v) is 2.88. The Hall–Kier alpha value is -1.31. The van der Waals surface area contributed by atoms with Crippen LogP contribution in [0.1, 0.15) is 44.6 Å². The molecule has 92 valence electrons. The van der Waals surface area contributed by atoms with Crippen LogP contribution in [0.2, 0.25) is 0 Å². The average molecular weight is 232 g/mol. The number of benzene rings is 1. The minimum Gasteiger partial charge on any atom is -0.481 e. The van der Waals surface area contributed by atoms with E-state index in [1.807, 2.05) is 25.1 Å². The first-order valence-corrected chi connectivity index (χ1v) is 6.31. The average Bonchev–Trinajstić information content (AvgIpc) is 2.33. The predicted octanol–water partition coefficient (Wildman–Crippen LogP) is 3.68. The quantitative estimate of drug-likeness (QED) is 0.844. The molecule has 1 aromatic carbocycles. The molecule has 17 heavy (non-hydrogen) atoms. The molecule has 2 nitrogen and oxygen atoms in total. The van der Waals surface area contributed by atoms with Gasteiger partial charge < -0.3 is 5.11 Å². The van der Waals surface area contributed by atoms with Gasteiger partial charge in [-0.15, -0.1) is 0 Å². The number of carboxylic acid groups (broad SMARTS) is 1. The Balaban J connectivity index is 2.24. The van der Waals surface area contributed by atoms with Crippen molar-refractivity contribution in [3.8, 4) is 0 Å². The van der Waals surface area contributed by atoms with E-state index in [0.29, 0.717) is 11.8 Å². The molecule has 2 heteroatoms. The highest BCUT2D eigenvalue weighted by Gasteiger charge is 2.41. The molecule has 0 saturated heterocycles. The van der Waals surface area contributed by atoms with E-state index in [4.69, 9.17) is 0 Å². The molecule has 1 aromatic rings. The van der Waals surface area contributed by atoms with Gasteiger partial charge in [-0.1, -0.05) is 37.3 Å². The summed E-state index contributed by atoms with van der Waals surface area (Å²) >= 11 is 0. The van der Waals surface area contributed by atoms with Crippen molar-refractivity contribution < 1.29 is 9.90 Å². The van der Waals surface area contributed by atoms with E-state index in [1.54, 1.807) is 0 Å². The lowest BCUT2D eigenvalue weighted by Crippen LogP contribution is -2.35. The molecule has 0 bridgehead atoms. The Kier molecular flexibility index (Phi) is 3.23.